The number of carbonyl (C=O) groups excluding carboxylic acids is 1. The number of nitro benzene ring substituents is 1. The zero-order valence-corrected chi connectivity index (χ0v) is 13.6. The lowest BCUT2D eigenvalue weighted by Gasteiger charge is -2.11. The van der Waals surface area contributed by atoms with Crippen LogP contribution in [0.5, 0.6) is 0 Å². The highest BCUT2D eigenvalue weighted by Crippen LogP contribution is 2.27. The number of carbonyl (C=O) groups is 1. The first kappa shape index (κ1) is 17.1. The average Bonchev–Trinajstić information content (AvgIpc) is 2.51. The van der Waals surface area contributed by atoms with Crippen LogP contribution in [0, 0.1) is 17.0 Å². The van der Waals surface area contributed by atoms with Crippen LogP contribution in [-0.4, -0.2) is 17.4 Å². The van der Waals surface area contributed by atoms with Crippen LogP contribution in [0.25, 0.3) is 0 Å². The molecule has 2 aromatic rings. The molecule has 0 saturated carbocycles. The van der Waals surface area contributed by atoms with Gasteiger partial charge in [-0.15, -0.1) is 0 Å². The summed E-state index contributed by atoms with van der Waals surface area (Å²) in [5.41, 5.74) is 1.60. The largest absolute Gasteiger partial charge is 0.376 e. The topological polar surface area (TPSA) is 84.3 Å². The fourth-order valence-corrected chi connectivity index (χ4v) is 2.24. The average molecular weight is 354 g/mol. The van der Waals surface area contributed by atoms with E-state index in [0.29, 0.717) is 16.4 Å². The van der Waals surface area contributed by atoms with Crippen LogP contribution in [0.4, 0.5) is 17.1 Å². The fraction of sp³-hybridized carbons (Fsp3) is 0.133. The molecule has 0 aliphatic heterocycles. The molecule has 2 rings (SSSR count). The summed E-state index contributed by atoms with van der Waals surface area (Å²) in [4.78, 5) is 22.2. The van der Waals surface area contributed by atoms with E-state index < -0.39 is 4.92 Å². The molecule has 0 bridgehead atoms. The van der Waals surface area contributed by atoms with Gasteiger partial charge in [-0.1, -0.05) is 29.3 Å². The number of nitrogens with one attached hydrogen (secondary N) is 2. The smallest absolute Gasteiger partial charge is 0.289 e. The molecule has 23 heavy (non-hydrogen) atoms. The summed E-state index contributed by atoms with van der Waals surface area (Å²) in [6, 6.07) is 9.46. The van der Waals surface area contributed by atoms with E-state index in [1.54, 1.807) is 31.2 Å². The van der Waals surface area contributed by atoms with Gasteiger partial charge in [-0.25, -0.2) is 0 Å². The number of hydrogen-bond acceptors (Lipinski definition) is 4. The fourth-order valence-electron chi connectivity index (χ4n) is 1.88. The summed E-state index contributed by atoms with van der Waals surface area (Å²) in [6.07, 6.45) is 0. The van der Waals surface area contributed by atoms with Crippen LogP contribution < -0.4 is 10.6 Å². The van der Waals surface area contributed by atoms with Crippen molar-refractivity contribution in [2.45, 2.75) is 6.92 Å². The van der Waals surface area contributed by atoms with Crippen LogP contribution in [0.1, 0.15) is 5.56 Å². The number of nitrogens with zero attached hydrogens (tertiary/aromatic N) is 1. The molecule has 0 atom stereocenters. The summed E-state index contributed by atoms with van der Waals surface area (Å²) in [6.45, 7) is 1.75. The molecule has 0 saturated heterocycles. The molecular weight excluding hydrogens is 341 g/mol. The summed E-state index contributed by atoms with van der Waals surface area (Å²) in [5, 5.41) is 17.0. The van der Waals surface area contributed by atoms with Gasteiger partial charge in [-0.2, -0.15) is 0 Å². The van der Waals surface area contributed by atoms with Crippen molar-refractivity contribution in [1.82, 2.24) is 0 Å². The molecule has 0 unspecified atom stereocenters. The summed E-state index contributed by atoms with van der Waals surface area (Å²) < 4.78 is 0. The summed E-state index contributed by atoms with van der Waals surface area (Å²) >= 11 is 11.7. The van der Waals surface area contributed by atoms with Crippen LogP contribution in [0.3, 0.4) is 0 Å². The van der Waals surface area contributed by atoms with Crippen LogP contribution in [-0.2, 0) is 4.79 Å². The molecule has 2 N–H and O–H groups in total. The normalized spacial score (nSPS) is 10.2. The molecule has 0 radical (unpaired) electrons. The molecule has 2 aromatic carbocycles. The Morgan fingerprint density at radius 1 is 1.22 bits per heavy atom. The highest BCUT2D eigenvalue weighted by molar-refractivity contribution is 6.32. The first-order chi connectivity index (χ1) is 10.9. The molecule has 0 aromatic heterocycles. The monoisotopic (exact) mass is 353 g/mol. The van der Waals surface area contributed by atoms with Gasteiger partial charge in [0.05, 0.1) is 11.5 Å². The minimum absolute atomic E-state index is 0.0413. The van der Waals surface area contributed by atoms with Crippen molar-refractivity contribution in [3.63, 3.8) is 0 Å². The van der Waals surface area contributed by atoms with Crippen molar-refractivity contribution in [3.05, 3.63) is 62.1 Å². The van der Waals surface area contributed by atoms with Gasteiger partial charge in [0.25, 0.3) is 5.69 Å². The Hall–Kier alpha value is -2.31. The van der Waals surface area contributed by atoms with E-state index in [-0.39, 0.29) is 23.2 Å². The highest BCUT2D eigenvalue weighted by Gasteiger charge is 2.13. The van der Waals surface area contributed by atoms with Gasteiger partial charge in [0.15, 0.2) is 0 Å². The van der Waals surface area contributed by atoms with Gasteiger partial charge in [0.1, 0.15) is 5.02 Å². The number of hydrogen-bond donors (Lipinski definition) is 2. The van der Waals surface area contributed by atoms with Crippen LogP contribution >= 0.6 is 23.2 Å². The van der Waals surface area contributed by atoms with Crippen molar-refractivity contribution in [3.8, 4) is 0 Å². The Labute approximate surface area is 142 Å². The van der Waals surface area contributed by atoms with Gasteiger partial charge in [0.2, 0.25) is 5.91 Å². The molecule has 6 nitrogen and oxygen atoms in total. The van der Waals surface area contributed by atoms with Crippen molar-refractivity contribution < 1.29 is 9.72 Å². The lowest BCUT2D eigenvalue weighted by atomic mass is 10.2. The second-order valence-corrected chi connectivity index (χ2v) is 5.55. The molecular formula is C15H13Cl2N3O3. The summed E-state index contributed by atoms with van der Waals surface area (Å²) in [5.74, 6) is -0.298. The molecule has 0 spiro atoms. The van der Waals surface area contributed by atoms with Gasteiger partial charge < -0.3 is 10.6 Å². The molecule has 0 heterocycles. The van der Waals surface area contributed by atoms with E-state index in [1.807, 2.05) is 0 Å². The zero-order chi connectivity index (χ0) is 17.0. The maximum atomic E-state index is 12.0. The van der Waals surface area contributed by atoms with Gasteiger partial charge in [0, 0.05) is 22.5 Å². The summed E-state index contributed by atoms with van der Waals surface area (Å²) in [7, 11) is 0. The van der Waals surface area contributed by atoms with Gasteiger partial charge in [-0.05, 0) is 36.8 Å². The van der Waals surface area contributed by atoms with E-state index in [2.05, 4.69) is 10.6 Å². The lowest BCUT2D eigenvalue weighted by molar-refractivity contribution is -0.384. The second kappa shape index (κ2) is 7.30. The van der Waals surface area contributed by atoms with Crippen LogP contribution in [0.2, 0.25) is 10.0 Å². The third-order valence-corrected chi connectivity index (χ3v) is 3.87. The van der Waals surface area contributed by atoms with E-state index in [9.17, 15) is 14.9 Å². The van der Waals surface area contributed by atoms with Crippen molar-refractivity contribution >= 4 is 46.2 Å². The van der Waals surface area contributed by atoms with Crippen molar-refractivity contribution in [2.75, 3.05) is 17.2 Å². The zero-order valence-electron chi connectivity index (χ0n) is 12.1. The van der Waals surface area contributed by atoms with Gasteiger partial charge >= 0.3 is 0 Å². The van der Waals surface area contributed by atoms with Crippen molar-refractivity contribution in [1.29, 1.82) is 0 Å². The van der Waals surface area contributed by atoms with E-state index in [0.717, 1.165) is 5.56 Å². The number of benzene rings is 2. The number of anilines is 2. The second-order valence-electron chi connectivity index (χ2n) is 4.74. The molecule has 0 fully saturated rings. The van der Waals surface area contributed by atoms with E-state index in [1.165, 1.54) is 12.1 Å². The highest BCUT2D eigenvalue weighted by atomic mass is 35.5. The van der Waals surface area contributed by atoms with E-state index in [4.69, 9.17) is 23.2 Å². The Kier molecular flexibility index (Phi) is 5.41. The van der Waals surface area contributed by atoms with Gasteiger partial charge in [-0.3, -0.25) is 14.9 Å². The lowest BCUT2D eigenvalue weighted by Crippen LogP contribution is -2.22. The third kappa shape index (κ3) is 4.34. The first-order valence-electron chi connectivity index (χ1n) is 6.61. The number of amides is 1. The first-order valence-corrected chi connectivity index (χ1v) is 7.37. The molecule has 120 valence electrons. The number of nitro groups is 1. The van der Waals surface area contributed by atoms with E-state index >= 15 is 0 Å². The Morgan fingerprint density at radius 3 is 2.65 bits per heavy atom. The molecule has 0 aliphatic carbocycles. The van der Waals surface area contributed by atoms with Crippen molar-refractivity contribution in [2.24, 2.45) is 0 Å². The molecule has 1 amide bonds. The third-order valence-electron chi connectivity index (χ3n) is 3.14. The minimum atomic E-state index is -0.580. The Bertz CT molecular complexity index is 766. The SMILES string of the molecule is Cc1c(Cl)cccc1NC(=O)CNc1ccc(Cl)c([N+](=O)[O-])c1. The molecule has 0 aliphatic rings. The predicted molar refractivity (Wildman–Crippen MR) is 91.4 cm³/mol. The van der Waals surface area contributed by atoms with Crippen LogP contribution in [0.15, 0.2) is 36.4 Å². The predicted octanol–water partition coefficient (Wildman–Crippen LogP) is 4.26. The maximum Gasteiger partial charge on any atom is 0.289 e. The number of halogens is 2. The Balaban J connectivity index is 2.01. The molecule has 8 heteroatoms. The quantitative estimate of drug-likeness (QED) is 0.621. The minimum Gasteiger partial charge on any atom is -0.376 e. The standard InChI is InChI=1S/C15H13Cl2N3O3/c1-9-11(16)3-2-4-13(9)19-15(21)8-18-10-5-6-12(17)14(7-10)20(22)23/h2-7,18H,8H2,1H3,(H,19,21). The Morgan fingerprint density at radius 2 is 1.96 bits per heavy atom. The number of rotatable bonds is 5. The maximum absolute atomic E-state index is 12.0.